The monoisotopic (exact) mass is 325 g/mol. The number of rotatable bonds is 4. The number of aromatic nitrogens is 2. The van der Waals surface area contributed by atoms with Gasteiger partial charge in [0.05, 0.1) is 17.1 Å². The van der Waals surface area contributed by atoms with Crippen LogP contribution in [0.2, 0.25) is 0 Å². The van der Waals surface area contributed by atoms with Gasteiger partial charge >= 0.3 is 0 Å². The van der Waals surface area contributed by atoms with Crippen LogP contribution in [0.4, 0.5) is 0 Å². The maximum atomic E-state index is 11.4. The molecule has 2 rings (SSSR count). The fourth-order valence-electron chi connectivity index (χ4n) is 1.33. The van der Waals surface area contributed by atoms with Gasteiger partial charge in [0.1, 0.15) is 5.01 Å². The lowest BCUT2D eigenvalue weighted by atomic mass is 10.3. The summed E-state index contributed by atoms with van der Waals surface area (Å²) < 4.78 is 0. The molecular formula is C12H12BrN3OS. The van der Waals surface area contributed by atoms with E-state index in [2.05, 4.69) is 31.2 Å². The van der Waals surface area contributed by atoms with Gasteiger partial charge in [0.15, 0.2) is 0 Å². The molecule has 1 amide bonds. The zero-order valence-corrected chi connectivity index (χ0v) is 12.2. The summed E-state index contributed by atoms with van der Waals surface area (Å²) in [5.74, 6) is -0.0338. The van der Waals surface area contributed by atoms with Crippen LogP contribution >= 0.6 is 27.3 Å². The third-order valence-corrected chi connectivity index (χ3v) is 3.64. The first-order valence-corrected chi connectivity index (χ1v) is 7.23. The highest BCUT2D eigenvalue weighted by molar-refractivity contribution is 9.10. The molecule has 2 aromatic heterocycles. The van der Waals surface area contributed by atoms with E-state index in [-0.39, 0.29) is 10.7 Å². The van der Waals surface area contributed by atoms with Crippen LogP contribution in [0.25, 0.3) is 10.6 Å². The quantitative estimate of drug-likeness (QED) is 0.879. The lowest BCUT2D eigenvalue weighted by Gasteiger charge is -2.03. The van der Waals surface area contributed by atoms with Gasteiger partial charge in [-0.25, -0.2) is 4.98 Å². The van der Waals surface area contributed by atoms with E-state index in [1.807, 2.05) is 17.5 Å². The molecule has 1 N–H and O–H groups in total. The highest BCUT2D eigenvalue weighted by atomic mass is 79.9. The summed E-state index contributed by atoms with van der Waals surface area (Å²) in [5.41, 5.74) is 1.91. The summed E-state index contributed by atoms with van der Waals surface area (Å²) >= 11 is 4.78. The Morgan fingerprint density at radius 3 is 2.89 bits per heavy atom. The second-order valence-corrected chi connectivity index (χ2v) is 5.95. The van der Waals surface area contributed by atoms with E-state index in [0.29, 0.717) is 6.54 Å². The molecule has 2 aromatic rings. The number of carbonyl (C=O) groups is 1. The van der Waals surface area contributed by atoms with Crippen LogP contribution in [0.15, 0.2) is 29.9 Å². The molecule has 1 atom stereocenters. The van der Waals surface area contributed by atoms with Crippen molar-refractivity contribution < 1.29 is 4.79 Å². The zero-order chi connectivity index (χ0) is 13.0. The van der Waals surface area contributed by atoms with Gasteiger partial charge in [-0.1, -0.05) is 15.9 Å². The van der Waals surface area contributed by atoms with Crippen molar-refractivity contribution in [2.24, 2.45) is 0 Å². The molecule has 0 saturated carbocycles. The summed E-state index contributed by atoms with van der Waals surface area (Å²) in [6.07, 6.45) is 3.48. The lowest BCUT2D eigenvalue weighted by molar-refractivity contribution is -0.120. The Kier molecular flexibility index (Phi) is 4.43. The number of nitrogens with one attached hydrogen (secondary N) is 1. The average Bonchev–Trinajstić information content (AvgIpc) is 2.85. The second-order valence-electron chi connectivity index (χ2n) is 3.71. The van der Waals surface area contributed by atoms with Crippen LogP contribution in [-0.4, -0.2) is 20.7 Å². The van der Waals surface area contributed by atoms with Gasteiger partial charge in [0.2, 0.25) is 5.91 Å². The van der Waals surface area contributed by atoms with Gasteiger partial charge in [-0.3, -0.25) is 9.78 Å². The van der Waals surface area contributed by atoms with Crippen LogP contribution in [0, 0.1) is 0 Å². The van der Waals surface area contributed by atoms with Gasteiger partial charge < -0.3 is 5.32 Å². The Hall–Kier alpha value is -1.27. The molecule has 4 nitrogen and oxygen atoms in total. The summed E-state index contributed by atoms with van der Waals surface area (Å²) in [7, 11) is 0. The van der Waals surface area contributed by atoms with E-state index >= 15 is 0 Å². The molecule has 2 heterocycles. The summed E-state index contributed by atoms with van der Waals surface area (Å²) in [6, 6.07) is 3.84. The summed E-state index contributed by atoms with van der Waals surface area (Å²) in [4.78, 5) is 19.7. The van der Waals surface area contributed by atoms with Crippen LogP contribution in [0.3, 0.4) is 0 Å². The fraction of sp³-hybridized carbons (Fsp3) is 0.250. The number of amides is 1. The molecule has 0 radical (unpaired) electrons. The summed E-state index contributed by atoms with van der Waals surface area (Å²) in [5, 5.41) is 5.70. The van der Waals surface area contributed by atoms with Gasteiger partial charge in [0, 0.05) is 23.3 Å². The minimum atomic E-state index is -0.184. The molecule has 0 fully saturated rings. The van der Waals surface area contributed by atoms with Crippen molar-refractivity contribution in [1.29, 1.82) is 0 Å². The molecule has 94 valence electrons. The normalized spacial score (nSPS) is 12.1. The lowest BCUT2D eigenvalue weighted by Crippen LogP contribution is -2.28. The van der Waals surface area contributed by atoms with Crippen molar-refractivity contribution in [3.05, 3.63) is 35.6 Å². The first kappa shape index (κ1) is 13.2. The Bertz CT molecular complexity index is 527. The number of carbonyl (C=O) groups excluding carboxylic acids is 1. The van der Waals surface area contributed by atoms with E-state index in [9.17, 15) is 4.79 Å². The Morgan fingerprint density at radius 1 is 1.50 bits per heavy atom. The number of pyridine rings is 1. The van der Waals surface area contributed by atoms with E-state index in [4.69, 9.17) is 0 Å². The van der Waals surface area contributed by atoms with Gasteiger partial charge in [-0.2, -0.15) is 0 Å². The predicted octanol–water partition coefficient (Wildman–Crippen LogP) is 2.60. The third-order valence-electron chi connectivity index (χ3n) is 2.28. The van der Waals surface area contributed by atoms with Gasteiger partial charge in [-0.15, -0.1) is 11.3 Å². The fourth-order valence-corrected chi connectivity index (χ4v) is 2.32. The van der Waals surface area contributed by atoms with Crippen molar-refractivity contribution in [3.8, 4) is 10.6 Å². The zero-order valence-electron chi connectivity index (χ0n) is 9.76. The highest BCUT2D eigenvalue weighted by Gasteiger charge is 2.09. The van der Waals surface area contributed by atoms with Crippen LogP contribution in [0.5, 0.6) is 0 Å². The van der Waals surface area contributed by atoms with Crippen LogP contribution in [0.1, 0.15) is 12.6 Å². The Labute approximate surface area is 118 Å². The van der Waals surface area contributed by atoms with Crippen molar-refractivity contribution in [2.45, 2.75) is 18.3 Å². The molecule has 1 unspecified atom stereocenters. The molecule has 0 aliphatic heterocycles. The molecule has 0 aliphatic rings. The number of halogens is 1. The standard InChI is InChI=1S/C12H12BrN3OS/c1-8(13)11(17)15-6-10-7-18-12(16-10)9-2-4-14-5-3-9/h2-5,7-8H,6H2,1H3,(H,15,17). The molecule has 0 bridgehead atoms. The van der Waals surface area contributed by atoms with Crippen molar-refractivity contribution >= 4 is 33.2 Å². The van der Waals surface area contributed by atoms with Crippen molar-refractivity contribution in [1.82, 2.24) is 15.3 Å². The third kappa shape index (κ3) is 3.36. The summed E-state index contributed by atoms with van der Waals surface area (Å²) in [6.45, 7) is 2.25. The highest BCUT2D eigenvalue weighted by Crippen LogP contribution is 2.22. The van der Waals surface area contributed by atoms with Crippen LogP contribution in [-0.2, 0) is 11.3 Å². The van der Waals surface area contributed by atoms with Gasteiger partial charge in [0.25, 0.3) is 0 Å². The predicted molar refractivity (Wildman–Crippen MR) is 75.6 cm³/mol. The minimum Gasteiger partial charge on any atom is -0.349 e. The van der Waals surface area contributed by atoms with Gasteiger partial charge in [-0.05, 0) is 19.1 Å². The van der Waals surface area contributed by atoms with E-state index < -0.39 is 0 Å². The van der Waals surface area contributed by atoms with E-state index in [0.717, 1.165) is 16.3 Å². The van der Waals surface area contributed by atoms with Crippen LogP contribution < -0.4 is 5.32 Å². The SMILES string of the molecule is CC(Br)C(=O)NCc1csc(-c2ccncc2)n1. The van der Waals surface area contributed by atoms with E-state index in [1.54, 1.807) is 30.7 Å². The van der Waals surface area contributed by atoms with Crippen molar-refractivity contribution in [2.75, 3.05) is 0 Å². The molecule has 0 aliphatic carbocycles. The molecule has 0 spiro atoms. The molecule has 18 heavy (non-hydrogen) atoms. The Balaban J connectivity index is 2.01. The van der Waals surface area contributed by atoms with Crippen molar-refractivity contribution in [3.63, 3.8) is 0 Å². The molecule has 0 aromatic carbocycles. The number of nitrogens with zero attached hydrogens (tertiary/aromatic N) is 2. The molecule has 6 heteroatoms. The topological polar surface area (TPSA) is 54.9 Å². The maximum absolute atomic E-state index is 11.4. The first-order chi connectivity index (χ1) is 8.66. The number of hydrogen-bond acceptors (Lipinski definition) is 4. The van der Waals surface area contributed by atoms with E-state index in [1.165, 1.54) is 0 Å². The average molecular weight is 326 g/mol. The number of alkyl halides is 1. The molecule has 0 saturated heterocycles. The second kappa shape index (κ2) is 6.06. The smallest absolute Gasteiger partial charge is 0.233 e. The maximum Gasteiger partial charge on any atom is 0.233 e. The Morgan fingerprint density at radius 2 is 2.22 bits per heavy atom. The number of hydrogen-bond donors (Lipinski definition) is 1. The number of thiazole rings is 1. The first-order valence-electron chi connectivity index (χ1n) is 5.43. The molecular weight excluding hydrogens is 314 g/mol. The minimum absolute atomic E-state index is 0.0338. The largest absolute Gasteiger partial charge is 0.349 e.